The fraction of sp³-hybridized carbons (Fsp3) is 0.200. The van der Waals surface area contributed by atoms with Crippen molar-refractivity contribution < 1.29 is 19.1 Å². The molecular formula is C20H20O4. The van der Waals surface area contributed by atoms with Crippen LogP contribution in [0.4, 0.5) is 0 Å². The number of rotatable bonds is 6. The van der Waals surface area contributed by atoms with Crippen LogP contribution in [-0.4, -0.2) is 26.2 Å². The average molecular weight is 324 g/mol. The van der Waals surface area contributed by atoms with E-state index in [4.69, 9.17) is 0 Å². The molecule has 0 atom stereocenters. The van der Waals surface area contributed by atoms with Gasteiger partial charge in [-0.3, -0.25) is 0 Å². The fourth-order valence-electron chi connectivity index (χ4n) is 2.40. The van der Waals surface area contributed by atoms with Crippen LogP contribution in [0, 0.1) is 0 Å². The van der Waals surface area contributed by atoms with Crippen molar-refractivity contribution in [2.45, 2.75) is 12.8 Å². The standard InChI is InChI=1S/C20H20O4/c1-23-19(21)18(20(22)24-2)14-17-11-7-6-10-16(17)13-12-15-8-4-3-5-9-15/h3-11,14H,12-13H2,1-2H3. The summed E-state index contributed by atoms with van der Waals surface area (Å²) in [5.41, 5.74) is 2.97. The highest BCUT2D eigenvalue weighted by atomic mass is 16.5. The van der Waals surface area contributed by atoms with Crippen molar-refractivity contribution in [1.82, 2.24) is 0 Å². The normalized spacial score (nSPS) is 9.92. The third-order valence-corrected chi connectivity index (χ3v) is 3.69. The first-order valence-corrected chi connectivity index (χ1v) is 7.66. The third-order valence-electron chi connectivity index (χ3n) is 3.69. The number of hydrogen-bond donors (Lipinski definition) is 0. The van der Waals surface area contributed by atoms with Crippen molar-refractivity contribution >= 4 is 18.0 Å². The lowest BCUT2D eigenvalue weighted by Gasteiger charge is -2.08. The molecule has 0 aromatic heterocycles. The lowest BCUT2D eigenvalue weighted by molar-refractivity contribution is -0.143. The van der Waals surface area contributed by atoms with E-state index in [1.807, 2.05) is 42.5 Å². The molecule has 24 heavy (non-hydrogen) atoms. The number of hydrogen-bond acceptors (Lipinski definition) is 4. The van der Waals surface area contributed by atoms with Crippen LogP contribution < -0.4 is 0 Å². The SMILES string of the molecule is COC(=O)C(=Cc1ccccc1CCc1ccccc1)C(=O)OC. The van der Waals surface area contributed by atoms with E-state index in [1.54, 1.807) is 0 Å². The van der Waals surface area contributed by atoms with Crippen LogP contribution in [0.1, 0.15) is 16.7 Å². The Bertz CT molecular complexity index is 714. The van der Waals surface area contributed by atoms with Crippen molar-refractivity contribution in [3.8, 4) is 0 Å². The van der Waals surface area contributed by atoms with Crippen molar-refractivity contribution in [3.63, 3.8) is 0 Å². The van der Waals surface area contributed by atoms with E-state index in [9.17, 15) is 9.59 Å². The minimum Gasteiger partial charge on any atom is -0.465 e. The molecule has 0 aliphatic carbocycles. The monoisotopic (exact) mass is 324 g/mol. The van der Waals surface area contributed by atoms with E-state index in [2.05, 4.69) is 21.6 Å². The number of aryl methyl sites for hydroxylation is 2. The average Bonchev–Trinajstić information content (AvgIpc) is 2.64. The van der Waals surface area contributed by atoms with Gasteiger partial charge in [-0.1, -0.05) is 54.6 Å². The number of carbonyl (C=O) groups is 2. The Morgan fingerprint density at radius 2 is 1.42 bits per heavy atom. The van der Waals surface area contributed by atoms with Crippen LogP contribution in [0.2, 0.25) is 0 Å². The van der Waals surface area contributed by atoms with Crippen LogP contribution in [0.25, 0.3) is 6.08 Å². The Hall–Kier alpha value is -2.88. The van der Waals surface area contributed by atoms with Gasteiger partial charge >= 0.3 is 11.9 Å². The number of carbonyl (C=O) groups excluding carboxylic acids is 2. The van der Waals surface area contributed by atoms with Crippen molar-refractivity contribution in [1.29, 1.82) is 0 Å². The number of methoxy groups -OCH3 is 2. The molecule has 0 radical (unpaired) electrons. The lowest BCUT2D eigenvalue weighted by atomic mass is 9.98. The van der Waals surface area contributed by atoms with Gasteiger partial charge in [0.1, 0.15) is 5.57 Å². The van der Waals surface area contributed by atoms with Crippen LogP contribution in [0.15, 0.2) is 60.2 Å². The maximum atomic E-state index is 11.8. The van der Waals surface area contributed by atoms with Gasteiger partial charge in [0.15, 0.2) is 0 Å². The summed E-state index contributed by atoms with van der Waals surface area (Å²) >= 11 is 0. The Morgan fingerprint density at radius 1 is 0.833 bits per heavy atom. The summed E-state index contributed by atoms with van der Waals surface area (Å²) < 4.78 is 9.34. The summed E-state index contributed by atoms with van der Waals surface area (Å²) in [4.78, 5) is 23.6. The summed E-state index contributed by atoms with van der Waals surface area (Å²) in [6.07, 6.45) is 3.20. The lowest BCUT2D eigenvalue weighted by Crippen LogP contribution is -2.15. The molecule has 0 N–H and O–H groups in total. The first-order chi connectivity index (χ1) is 11.7. The number of ether oxygens (including phenoxy) is 2. The first kappa shape index (κ1) is 17.5. The number of esters is 2. The highest BCUT2D eigenvalue weighted by Crippen LogP contribution is 2.17. The second kappa shape index (κ2) is 8.67. The maximum Gasteiger partial charge on any atom is 0.345 e. The zero-order chi connectivity index (χ0) is 17.4. The topological polar surface area (TPSA) is 52.6 Å². The minimum absolute atomic E-state index is 0.118. The van der Waals surface area contributed by atoms with Gasteiger partial charge in [0.05, 0.1) is 14.2 Å². The predicted octanol–water partition coefficient (Wildman–Crippen LogP) is 3.20. The molecule has 0 aliphatic rings. The quantitative estimate of drug-likeness (QED) is 0.354. The van der Waals surface area contributed by atoms with Gasteiger partial charge in [-0.15, -0.1) is 0 Å². The van der Waals surface area contributed by atoms with E-state index in [0.29, 0.717) is 0 Å². The second-order valence-corrected chi connectivity index (χ2v) is 5.23. The van der Waals surface area contributed by atoms with Gasteiger partial charge in [0, 0.05) is 0 Å². The summed E-state index contributed by atoms with van der Waals surface area (Å²) in [5.74, 6) is -1.42. The minimum atomic E-state index is -0.709. The highest BCUT2D eigenvalue weighted by Gasteiger charge is 2.20. The molecule has 0 aliphatic heterocycles. The molecule has 0 heterocycles. The molecular weight excluding hydrogens is 304 g/mol. The molecule has 2 aromatic rings. The van der Waals surface area contributed by atoms with Crippen molar-refractivity contribution in [3.05, 3.63) is 76.9 Å². The predicted molar refractivity (Wildman–Crippen MR) is 92.3 cm³/mol. The van der Waals surface area contributed by atoms with E-state index >= 15 is 0 Å². The summed E-state index contributed by atoms with van der Waals surface area (Å²) in [6, 6.07) is 17.8. The molecule has 0 spiro atoms. The zero-order valence-electron chi connectivity index (χ0n) is 13.8. The largest absolute Gasteiger partial charge is 0.465 e. The Balaban J connectivity index is 2.28. The molecule has 0 bridgehead atoms. The summed E-state index contributed by atoms with van der Waals surface area (Å²) in [7, 11) is 2.47. The Labute approximate surface area is 141 Å². The molecule has 2 aromatic carbocycles. The fourth-order valence-corrected chi connectivity index (χ4v) is 2.40. The van der Waals surface area contributed by atoms with Crippen molar-refractivity contribution in [2.24, 2.45) is 0 Å². The molecule has 0 fully saturated rings. The van der Waals surface area contributed by atoms with Gasteiger partial charge < -0.3 is 9.47 Å². The highest BCUT2D eigenvalue weighted by molar-refractivity contribution is 6.17. The van der Waals surface area contributed by atoms with Crippen LogP contribution in [0.5, 0.6) is 0 Å². The maximum absolute atomic E-state index is 11.8. The molecule has 2 rings (SSSR count). The van der Waals surface area contributed by atoms with Gasteiger partial charge in [0.25, 0.3) is 0 Å². The summed E-state index contributed by atoms with van der Waals surface area (Å²) in [5, 5.41) is 0. The van der Waals surface area contributed by atoms with Gasteiger partial charge in [-0.05, 0) is 35.6 Å². The van der Waals surface area contributed by atoms with E-state index in [1.165, 1.54) is 25.9 Å². The molecule has 124 valence electrons. The third kappa shape index (κ3) is 4.56. The molecule has 0 amide bonds. The van der Waals surface area contributed by atoms with E-state index in [0.717, 1.165) is 24.0 Å². The number of benzene rings is 2. The van der Waals surface area contributed by atoms with Crippen LogP contribution in [0.3, 0.4) is 0 Å². The van der Waals surface area contributed by atoms with Gasteiger partial charge in [-0.25, -0.2) is 9.59 Å². The van der Waals surface area contributed by atoms with Crippen LogP contribution >= 0.6 is 0 Å². The first-order valence-electron chi connectivity index (χ1n) is 7.66. The molecule has 0 saturated heterocycles. The molecule has 4 heteroatoms. The Kier molecular flexibility index (Phi) is 6.32. The van der Waals surface area contributed by atoms with Gasteiger partial charge in [0.2, 0.25) is 0 Å². The smallest absolute Gasteiger partial charge is 0.345 e. The molecule has 0 saturated carbocycles. The van der Waals surface area contributed by atoms with E-state index in [-0.39, 0.29) is 5.57 Å². The second-order valence-electron chi connectivity index (χ2n) is 5.23. The van der Waals surface area contributed by atoms with E-state index < -0.39 is 11.9 Å². The van der Waals surface area contributed by atoms with Crippen LogP contribution in [-0.2, 0) is 31.9 Å². The molecule has 4 nitrogen and oxygen atoms in total. The van der Waals surface area contributed by atoms with Gasteiger partial charge in [-0.2, -0.15) is 0 Å². The van der Waals surface area contributed by atoms with Crippen molar-refractivity contribution in [2.75, 3.05) is 14.2 Å². The zero-order valence-corrected chi connectivity index (χ0v) is 13.8. The summed E-state index contributed by atoms with van der Waals surface area (Å²) in [6.45, 7) is 0. The molecule has 0 unspecified atom stereocenters. The Morgan fingerprint density at radius 3 is 2.04 bits per heavy atom.